The van der Waals surface area contributed by atoms with Crippen LogP contribution in [0.1, 0.15) is 19.4 Å². The molecular weight excluding hydrogens is 258 g/mol. The van der Waals surface area contributed by atoms with Crippen molar-refractivity contribution in [2.75, 3.05) is 38.6 Å². The number of hydrogen-bond donors (Lipinski definition) is 1. The first-order valence-electron chi connectivity index (χ1n) is 6.82. The van der Waals surface area contributed by atoms with Crippen LogP contribution in [0.2, 0.25) is 5.02 Å². The molecule has 1 aromatic rings. The van der Waals surface area contributed by atoms with Crippen molar-refractivity contribution in [3.05, 3.63) is 28.8 Å². The number of anilines is 1. The van der Waals surface area contributed by atoms with Crippen LogP contribution in [0.15, 0.2) is 18.2 Å². The van der Waals surface area contributed by atoms with E-state index in [0.29, 0.717) is 12.5 Å². The van der Waals surface area contributed by atoms with E-state index < -0.39 is 0 Å². The molecule has 0 radical (unpaired) electrons. The fourth-order valence-corrected chi connectivity index (χ4v) is 2.33. The minimum Gasteiger partial charge on any atom is -0.369 e. The Balaban J connectivity index is 2.89. The number of rotatable bonds is 7. The average molecular weight is 284 g/mol. The lowest BCUT2D eigenvalue weighted by atomic mass is 10.1. The molecule has 0 saturated carbocycles. The average Bonchev–Trinajstić information content (AvgIpc) is 2.34. The molecule has 0 aliphatic carbocycles. The second kappa shape index (κ2) is 7.73. The van der Waals surface area contributed by atoms with Gasteiger partial charge < -0.3 is 15.5 Å². The maximum Gasteiger partial charge on any atom is 0.0642 e. The highest BCUT2D eigenvalue weighted by Gasteiger charge is 2.12. The van der Waals surface area contributed by atoms with Gasteiger partial charge in [0.1, 0.15) is 0 Å². The van der Waals surface area contributed by atoms with Gasteiger partial charge in [-0.05, 0) is 37.7 Å². The number of likely N-dealkylation sites (N-methyl/N-ethyl adjacent to an activating group) is 1. The van der Waals surface area contributed by atoms with Crippen LogP contribution in [-0.4, -0.2) is 38.6 Å². The predicted molar refractivity (Wildman–Crippen MR) is 84.9 cm³/mol. The van der Waals surface area contributed by atoms with Gasteiger partial charge in [-0.3, -0.25) is 0 Å². The Labute approximate surface area is 122 Å². The summed E-state index contributed by atoms with van der Waals surface area (Å²) >= 11 is 6.39. The molecular formula is C15H26ClN3. The normalized spacial score (nSPS) is 11.4. The Morgan fingerprint density at radius 1 is 1.21 bits per heavy atom. The molecule has 0 aromatic heterocycles. The third-order valence-electron chi connectivity index (χ3n) is 2.99. The van der Waals surface area contributed by atoms with E-state index in [1.807, 2.05) is 6.07 Å². The van der Waals surface area contributed by atoms with E-state index in [-0.39, 0.29) is 0 Å². The fourth-order valence-electron chi connectivity index (χ4n) is 2.01. The predicted octanol–water partition coefficient (Wildman–Crippen LogP) is 2.82. The van der Waals surface area contributed by atoms with Crippen molar-refractivity contribution in [1.29, 1.82) is 0 Å². The topological polar surface area (TPSA) is 32.5 Å². The van der Waals surface area contributed by atoms with Gasteiger partial charge >= 0.3 is 0 Å². The molecule has 0 atom stereocenters. The van der Waals surface area contributed by atoms with Crippen LogP contribution in [0.3, 0.4) is 0 Å². The molecule has 0 amide bonds. The Morgan fingerprint density at radius 3 is 2.37 bits per heavy atom. The van der Waals surface area contributed by atoms with Crippen LogP contribution in [-0.2, 0) is 6.54 Å². The zero-order valence-electron chi connectivity index (χ0n) is 12.5. The number of nitrogens with zero attached hydrogens (tertiary/aromatic N) is 2. The second-order valence-corrected chi connectivity index (χ2v) is 6.04. The molecule has 0 heterocycles. The second-order valence-electron chi connectivity index (χ2n) is 5.63. The Kier molecular flexibility index (Phi) is 6.63. The van der Waals surface area contributed by atoms with Crippen molar-refractivity contribution in [2.24, 2.45) is 11.7 Å². The highest BCUT2D eigenvalue weighted by atomic mass is 35.5. The third kappa shape index (κ3) is 5.39. The van der Waals surface area contributed by atoms with E-state index in [1.165, 1.54) is 0 Å². The van der Waals surface area contributed by atoms with Crippen molar-refractivity contribution < 1.29 is 0 Å². The van der Waals surface area contributed by atoms with Gasteiger partial charge in [0, 0.05) is 26.2 Å². The minimum atomic E-state index is 0.530. The van der Waals surface area contributed by atoms with E-state index in [0.717, 1.165) is 35.9 Å². The van der Waals surface area contributed by atoms with E-state index >= 15 is 0 Å². The fraction of sp³-hybridized carbons (Fsp3) is 0.600. The number of nitrogens with two attached hydrogens (primary N) is 1. The molecule has 0 fully saturated rings. The van der Waals surface area contributed by atoms with Gasteiger partial charge in [-0.2, -0.15) is 0 Å². The highest BCUT2D eigenvalue weighted by Crippen LogP contribution is 2.27. The SMILES string of the molecule is CC(C)CN(CCN(C)C)c1ccc(CN)cc1Cl. The number of benzene rings is 1. The molecule has 0 saturated heterocycles. The molecule has 2 N–H and O–H groups in total. The zero-order chi connectivity index (χ0) is 14.4. The van der Waals surface area contributed by atoms with Gasteiger partial charge in [-0.15, -0.1) is 0 Å². The molecule has 4 heteroatoms. The summed E-state index contributed by atoms with van der Waals surface area (Å²) in [4.78, 5) is 4.54. The van der Waals surface area contributed by atoms with Gasteiger partial charge in [0.2, 0.25) is 0 Å². The number of halogens is 1. The number of hydrogen-bond acceptors (Lipinski definition) is 3. The van der Waals surface area contributed by atoms with Gasteiger partial charge in [-0.1, -0.05) is 31.5 Å². The van der Waals surface area contributed by atoms with Crippen LogP contribution in [0, 0.1) is 5.92 Å². The third-order valence-corrected chi connectivity index (χ3v) is 3.29. The van der Waals surface area contributed by atoms with Crippen molar-refractivity contribution >= 4 is 17.3 Å². The lowest BCUT2D eigenvalue weighted by Crippen LogP contribution is -2.34. The summed E-state index contributed by atoms with van der Waals surface area (Å²) in [6, 6.07) is 6.12. The molecule has 3 nitrogen and oxygen atoms in total. The smallest absolute Gasteiger partial charge is 0.0642 e. The molecule has 108 valence electrons. The van der Waals surface area contributed by atoms with Crippen molar-refractivity contribution in [3.8, 4) is 0 Å². The van der Waals surface area contributed by atoms with E-state index in [1.54, 1.807) is 0 Å². The van der Waals surface area contributed by atoms with Crippen LogP contribution in [0.5, 0.6) is 0 Å². The van der Waals surface area contributed by atoms with E-state index in [9.17, 15) is 0 Å². The minimum absolute atomic E-state index is 0.530. The van der Waals surface area contributed by atoms with Crippen molar-refractivity contribution in [3.63, 3.8) is 0 Å². The molecule has 19 heavy (non-hydrogen) atoms. The van der Waals surface area contributed by atoms with E-state index in [4.69, 9.17) is 17.3 Å². The summed E-state index contributed by atoms with van der Waals surface area (Å²) in [7, 11) is 4.18. The summed E-state index contributed by atoms with van der Waals surface area (Å²) in [5.74, 6) is 0.604. The summed E-state index contributed by atoms with van der Waals surface area (Å²) in [5.41, 5.74) is 7.83. The van der Waals surface area contributed by atoms with Gasteiger partial charge in [0.25, 0.3) is 0 Å². The van der Waals surface area contributed by atoms with Crippen molar-refractivity contribution in [1.82, 2.24) is 4.90 Å². The first-order chi connectivity index (χ1) is 8.93. The molecule has 0 aliphatic heterocycles. The molecule has 1 rings (SSSR count). The standard InChI is InChI=1S/C15H26ClN3/c1-12(2)11-19(8-7-18(3)4)15-6-5-13(10-17)9-14(15)16/h5-6,9,12H,7-8,10-11,17H2,1-4H3. The molecule has 0 aliphatic rings. The monoisotopic (exact) mass is 283 g/mol. The van der Waals surface area contributed by atoms with Crippen LogP contribution in [0.25, 0.3) is 0 Å². The Hall–Kier alpha value is -0.770. The van der Waals surface area contributed by atoms with E-state index in [2.05, 4.69) is 49.9 Å². The largest absolute Gasteiger partial charge is 0.369 e. The first kappa shape index (κ1) is 16.3. The lowest BCUT2D eigenvalue weighted by Gasteiger charge is -2.29. The van der Waals surface area contributed by atoms with Crippen LogP contribution >= 0.6 is 11.6 Å². The van der Waals surface area contributed by atoms with Gasteiger partial charge in [0.05, 0.1) is 10.7 Å². The molecule has 1 aromatic carbocycles. The maximum atomic E-state index is 6.39. The van der Waals surface area contributed by atoms with Gasteiger partial charge in [-0.25, -0.2) is 0 Å². The molecule has 0 spiro atoms. The Bertz CT molecular complexity index is 391. The first-order valence-corrected chi connectivity index (χ1v) is 7.20. The summed E-state index contributed by atoms with van der Waals surface area (Å²) in [6.07, 6.45) is 0. The Morgan fingerprint density at radius 2 is 1.89 bits per heavy atom. The summed E-state index contributed by atoms with van der Waals surface area (Å²) < 4.78 is 0. The molecule has 0 unspecified atom stereocenters. The summed E-state index contributed by atoms with van der Waals surface area (Å²) in [5, 5.41) is 0.794. The summed E-state index contributed by atoms with van der Waals surface area (Å²) in [6.45, 7) is 7.99. The van der Waals surface area contributed by atoms with Crippen molar-refractivity contribution in [2.45, 2.75) is 20.4 Å². The van der Waals surface area contributed by atoms with Crippen LogP contribution in [0.4, 0.5) is 5.69 Å². The highest BCUT2D eigenvalue weighted by molar-refractivity contribution is 6.33. The zero-order valence-corrected chi connectivity index (χ0v) is 13.2. The maximum absolute atomic E-state index is 6.39. The molecule has 0 bridgehead atoms. The lowest BCUT2D eigenvalue weighted by molar-refractivity contribution is 0.409. The van der Waals surface area contributed by atoms with Crippen LogP contribution < -0.4 is 10.6 Å². The van der Waals surface area contributed by atoms with Gasteiger partial charge in [0.15, 0.2) is 0 Å². The quantitative estimate of drug-likeness (QED) is 0.835.